The second-order valence-electron chi connectivity index (χ2n) is 10.8. The predicted molar refractivity (Wildman–Crippen MR) is 152 cm³/mol. The number of carboxylic acids is 1. The fraction of sp³-hybridized carbons (Fsp3) is 0.667. The molecule has 6 atom stereocenters. The Balaban J connectivity index is 3.36. The van der Waals surface area contributed by atoms with Gasteiger partial charge in [0.25, 0.3) is 0 Å². The highest BCUT2D eigenvalue weighted by atomic mass is 16.7. The number of esters is 1. The van der Waals surface area contributed by atoms with E-state index in [1.165, 1.54) is 18.2 Å². The van der Waals surface area contributed by atoms with E-state index in [2.05, 4.69) is 0 Å². The average molecular weight is 582 g/mol. The number of nitrogens with two attached hydrogens (primary N) is 1. The number of hydrogen-bond donors (Lipinski definition) is 2. The van der Waals surface area contributed by atoms with Crippen molar-refractivity contribution in [1.82, 2.24) is 0 Å². The first kappa shape index (κ1) is 35.7. The molecule has 0 aromatic heterocycles. The summed E-state index contributed by atoms with van der Waals surface area (Å²) in [7, 11) is 0. The minimum atomic E-state index is -1.38. The lowest BCUT2D eigenvalue weighted by molar-refractivity contribution is -0.154. The van der Waals surface area contributed by atoms with E-state index in [1.54, 1.807) is 27.7 Å². The zero-order valence-corrected chi connectivity index (χ0v) is 25.5. The molecule has 0 radical (unpaired) electrons. The minimum absolute atomic E-state index is 0.0653. The van der Waals surface area contributed by atoms with E-state index in [1.807, 2.05) is 27.7 Å². The van der Waals surface area contributed by atoms with Gasteiger partial charge in [0.2, 0.25) is 0 Å². The Hall–Kier alpha value is -3.34. The summed E-state index contributed by atoms with van der Waals surface area (Å²) >= 11 is 0. The molecule has 3 N–H and O–H groups in total. The van der Waals surface area contributed by atoms with Gasteiger partial charge in [0, 0.05) is 5.92 Å². The van der Waals surface area contributed by atoms with Gasteiger partial charge in [0.05, 0.1) is 12.0 Å². The molecule has 0 fully saturated rings. The normalized spacial score (nSPS) is 15.6. The molecule has 0 aliphatic rings. The molecule has 11 heteroatoms. The van der Waals surface area contributed by atoms with Crippen molar-refractivity contribution >= 4 is 24.2 Å². The molecule has 0 heterocycles. The highest BCUT2D eigenvalue weighted by molar-refractivity contribution is 5.75. The van der Waals surface area contributed by atoms with Crippen molar-refractivity contribution in [2.24, 2.45) is 17.6 Å². The molecule has 0 spiro atoms. The number of hydrogen-bond acceptors (Lipinski definition) is 10. The van der Waals surface area contributed by atoms with Gasteiger partial charge in [-0.05, 0) is 63.6 Å². The van der Waals surface area contributed by atoms with Crippen molar-refractivity contribution in [2.45, 2.75) is 118 Å². The van der Waals surface area contributed by atoms with E-state index in [4.69, 9.17) is 29.4 Å². The number of carbonyl (C=O) groups excluding carboxylic acids is 3. The molecule has 0 saturated heterocycles. The molecule has 11 nitrogen and oxygen atoms in total. The maximum Gasteiger partial charge on any atom is 0.514 e. The maximum atomic E-state index is 12.5. The summed E-state index contributed by atoms with van der Waals surface area (Å²) in [6, 6.07) is 2.85. The monoisotopic (exact) mass is 581 g/mol. The lowest BCUT2D eigenvalue weighted by atomic mass is 9.87. The summed E-state index contributed by atoms with van der Waals surface area (Å²) < 4.78 is 26.8. The van der Waals surface area contributed by atoms with Crippen LogP contribution in [0.1, 0.15) is 99.0 Å². The predicted octanol–water partition coefficient (Wildman–Crippen LogP) is 6.20. The fourth-order valence-electron chi connectivity index (χ4n) is 4.05. The van der Waals surface area contributed by atoms with Crippen molar-refractivity contribution in [2.75, 3.05) is 0 Å². The third kappa shape index (κ3) is 12.4. The molecule has 41 heavy (non-hydrogen) atoms. The molecule has 1 aromatic carbocycles. The fourth-order valence-corrected chi connectivity index (χ4v) is 4.05. The van der Waals surface area contributed by atoms with E-state index in [9.17, 15) is 24.3 Å². The Morgan fingerprint density at radius 1 is 0.780 bits per heavy atom. The zero-order chi connectivity index (χ0) is 31.3. The molecule has 0 saturated carbocycles. The van der Waals surface area contributed by atoms with Crippen molar-refractivity contribution in [3.05, 3.63) is 23.8 Å². The molecule has 1 aromatic rings. The number of benzene rings is 1. The lowest BCUT2D eigenvalue weighted by Gasteiger charge is -2.26. The van der Waals surface area contributed by atoms with Gasteiger partial charge in [-0.15, -0.1) is 0 Å². The van der Waals surface area contributed by atoms with Gasteiger partial charge < -0.3 is 34.5 Å². The summed E-state index contributed by atoms with van der Waals surface area (Å²) in [5, 5.41) is 9.71. The first-order chi connectivity index (χ1) is 19.2. The van der Waals surface area contributed by atoms with E-state index in [0.717, 1.165) is 12.8 Å². The van der Waals surface area contributed by atoms with Crippen molar-refractivity contribution in [1.29, 1.82) is 0 Å². The average Bonchev–Trinajstić information content (AvgIpc) is 2.87. The van der Waals surface area contributed by atoms with Crippen LogP contribution in [0.3, 0.4) is 0 Å². The van der Waals surface area contributed by atoms with Crippen molar-refractivity contribution in [3.63, 3.8) is 0 Å². The van der Waals surface area contributed by atoms with Crippen LogP contribution in [-0.4, -0.2) is 53.7 Å². The van der Waals surface area contributed by atoms with Gasteiger partial charge in [0.15, 0.2) is 11.5 Å². The van der Waals surface area contributed by atoms with Crippen LogP contribution in [-0.2, 0) is 23.8 Å². The quantitative estimate of drug-likeness (QED) is 0.130. The lowest BCUT2D eigenvalue weighted by Crippen LogP contribution is -2.38. The van der Waals surface area contributed by atoms with E-state index in [0.29, 0.717) is 18.4 Å². The van der Waals surface area contributed by atoms with Crippen LogP contribution in [0.5, 0.6) is 11.5 Å². The standard InChI is InChI=1S/C30H47NO10/c1-9-11-18(5)38-29(35)40-24-14-13-22(16-25(24)41-30(36)39-19(6)12-10-2)23(26(31)27(32)33)15-20(7)37-28(34)21(8)17(3)4/h13-14,16-21,23,26H,9-12,15,31H2,1-8H3,(H,32,33)/t18?,19?,20?,21?,23?,26-/m0/s1. The Kier molecular flexibility index (Phi) is 15.2. The summed E-state index contributed by atoms with van der Waals surface area (Å²) in [5.41, 5.74) is 6.42. The molecule has 0 aliphatic heterocycles. The van der Waals surface area contributed by atoms with Crippen LogP contribution in [0.15, 0.2) is 18.2 Å². The number of carbonyl (C=O) groups is 4. The Morgan fingerprint density at radius 3 is 1.76 bits per heavy atom. The smallest absolute Gasteiger partial charge is 0.480 e. The largest absolute Gasteiger partial charge is 0.514 e. The third-order valence-corrected chi connectivity index (χ3v) is 6.76. The van der Waals surface area contributed by atoms with Crippen molar-refractivity contribution in [3.8, 4) is 11.5 Å². The summed E-state index contributed by atoms with van der Waals surface area (Å²) in [6.07, 6.45) is -0.600. The van der Waals surface area contributed by atoms with Gasteiger partial charge in [-0.25, -0.2) is 9.59 Å². The molecular formula is C30H47NO10. The van der Waals surface area contributed by atoms with E-state index < -0.39 is 54.5 Å². The third-order valence-electron chi connectivity index (χ3n) is 6.76. The van der Waals surface area contributed by atoms with Crippen LogP contribution in [0.4, 0.5) is 9.59 Å². The Morgan fingerprint density at radius 2 is 1.29 bits per heavy atom. The van der Waals surface area contributed by atoms with Crippen molar-refractivity contribution < 1.29 is 48.0 Å². The van der Waals surface area contributed by atoms with Crippen LogP contribution >= 0.6 is 0 Å². The molecule has 0 aliphatic carbocycles. The second-order valence-corrected chi connectivity index (χ2v) is 10.8. The minimum Gasteiger partial charge on any atom is -0.480 e. The number of carboxylic acid groups (broad SMARTS) is 1. The molecular weight excluding hydrogens is 534 g/mol. The van der Waals surface area contributed by atoms with E-state index >= 15 is 0 Å². The molecule has 0 bridgehead atoms. The molecule has 232 valence electrons. The molecule has 1 rings (SSSR count). The van der Waals surface area contributed by atoms with Gasteiger partial charge in [-0.3, -0.25) is 9.59 Å². The summed E-state index contributed by atoms with van der Waals surface area (Å²) in [5.74, 6) is -3.12. The molecule has 0 amide bonds. The van der Waals surface area contributed by atoms with Gasteiger partial charge in [0.1, 0.15) is 18.2 Å². The summed E-state index contributed by atoms with van der Waals surface area (Å²) in [4.78, 5) is 49.3. The van der Waals surface area contributed by atoms with Crippen LogP contribution in [0.25, 0.3) is 0 Å². The van der Waals surface area contributed by atoms with Crippen LogP contribution in [0, 0.1) is 11.8 Å². The number of rotatable bonds is 16. The van der Waals surface area contributed by atoms with Gasteiger partial charge in [-0.2, -0.15) is 0 Å². The summed E-state index contributed by atoms with van der Waals surface area (Å²) in [6.45, 7) is 14.6. The number of aliphatic carboxylic acids is 1. The highest BCUT2D eigenvalue weighted by Gasteiger charge is 2.31. The SMILES string of the molecule is CCCC(C)OC(=O)Oc1ccc(C(CC(C)OC(=O)C(C)C(C)C)[C@H](N)C(=O)O)cc1OC(=O)OC(C)CCC. The highest BCUT2D eigenvalue weighted by Crippen LogP contribution is 2.35. The van der Waals surface area contributed by atoms with E-state index in [-0.39, 0.29) is 29.8 Å². The first-order valence-corrected chi connectivity index (χ1v) is 14.3. The topological polar surface area (TPSA) is 161 Å². The molecule has 5 unspecified atom stereocenters. The zero-order valence-electron chi connectivity index (χ0n) is 25.5. The Labute approximate surface area is 243 Å². The Bertz CT molecular complexity index is 1010. The van der Waals surface area contributed by atoms with Gasteiger partial charge >= 0.3 is 24.2 Å². The van der Waals surface area contributed by atoms with Gasteiger partial charge in [-0.1, -0.05) is 53.5 Å². The maximum absolute atomic E-state index is 12.5. The van der Waals surface area contributed by atoms with Crippen LogP contribution < -0.4 is 15.2 Å². The second kappa shape index (κ2) is 17.5. The number of ether oxygens (including phenoxy) is 5. The van der Waals surface area contributed by atoms with Crippen LogP contribution in [0.2, 0.25) is 0 Å². The first-order valence-electron chi connectivity index (χ1n) is 14.3.